The lowest BCUT2D eigenvalue weighted by molar-refractivity contribution is 0.0727. The lowest BCUT2D eigenvalue weighted by atomic mass is 10.1. The summed E-state index contributed by atoms with van der Waals surface area (Å²) >= 11 is 0. The van der Waals surface area contributed by atoms with Crippen molar-refractivity contribution in [3.05, 3.63) is 29.6 Å². The number of carbonyl (C=O) groups excluding carboxylic acids is 1. The van der Waals surface area contributed by atoms with E-state index in [1.807, 2.05) is 6.92 Å². The lowest BCUT2D eigenvalue weighted by Crippen LogP contribution is -2.36. The number of nitrogens with zero attached hydrogens (tertiary/aromatic N) is 1. The molecule has 0 radical (unpaired) electrons. The highest BCUT2D eigenvalue weighted by molar-refractivity contribution is 5.95. The molecule has 1 aliphatic rings. The zero-order valence-corrected chi connectivity index (χ0v) is 10.1. The Labute approximate surface area is 100 Å². The van der Waals surface area contributed by atoms with Crippen molar-refractivity contribution in [1.82, 2.24) is 4.90 Å². The van der Waals surface area contributed by atoms with Crippen LogP contribution in [-0.2, 0) is 0 Å². The first kappa shape index (κ1) is 11.9. The van der Waals surface area contributed by atoms with E-state index >= 15 is 0 Å². The summed E-state index contributed by atoms with van der Waals surface area (Å²) in [6.45, 7) is 2.04. The smallest absolute Gasteiger partial charge is 0.253 e. The minimum absolute atomic E-state index is 0.0170. The molecule has 1 aromatic carbocycles. The molecule has 0 aliphatic heterocycles. The summed E-state index contributed by atoms with van der Waals surface area (Å²) in [7, 11) is 1.78. The van der Waals surface area contributed by atoms with Crippen LogP contribution in [-0.4, -0.2) is 23.9 Å². The fraction of sp³-hybridized carbons (Fsp3) is 0.462. The Morgan fingerprint density at radius 1 is 1.53 bits per heavy atom. The van der Waals surface area contributed by atoms with Crippen molar-refractivity contribution in [2.24, 2.45) is 5.92 Å². The molecule has 1 atom stereocenters. The molecule has 1 aliphatic carbocycles. The van der Waals surface area contributed by atoms with Gasteiger partial charge in [0.05, 0.1) is 5.69 Å². The number of carbonyl (C=O) groups is 1. The average Bonchev–Trinajstić information content (AvgIpc) is 3.14. The average molecular weight is 236 g/mol. The molecule has 0 aromatic heterocycles. The number of hydrogen-bond donors (Lipinski definition) is 1. The molecule has 1 amide bonds. The second-order valence-electron chi connectivity index (χ2n) is 4.73. The van der Waals surface area contributed by atoms with Crippen LogP contribution in [0.5, 0.6) is 0 Å². The molecule has 0 bridgehead atoms. The van der Waals surface area contributed by atoms with Gasteiger partial charge in [-0.3, -0.25) is 4.79 Å². The first-order chi connectivity index (χ1) is 8.00. The number of benzene rings is 1. The Hall–Kier alpha value is -1.58. The zero-order valence-electron chi connectivity index (χ0n) is 10.1. The monoisotopic (exact) mass is 236 g/mol. The predicted molar refractivity (Wildman–Crippen MR) is 65.1 cm³/mol. The third-order valence-corrected chi connectivity index (χ3v) is 3.48. The largest absolute Gasteiger partial charge is 0.396 e. The third kappa shape index (κ3) is 2.40. The van der Waals surface area contributed by atoms with E-state index in [0.717, 1.165) is 0 Å². The second kappa shape index (κ2) is 4.35. The first-order valence-electron chi connectivity index (χ1n) is 5.83. The number of nitrogens with two attached hydrogens (primary N) is 1. The molecule has 0 spiro atoms. The highest BCUT2D eigenvalue weighted by Gasteiger charge is 2.32. The quantitative estimate of drug-likeness (QED) is 0.818. The summed E-state index contributed by atoms with van der Waals surface area (Å²) in [5, 5.41) is 0. The topological polar surface area (TPSA) is 46.3 Å². The van der Waals surface area contributed by atoms with E-state index in [4.69, 9.17) is 5.73 Å². The van der Waals surface area contributed by atoms with Crippen LogP contribution in [0.2, 0.25) is 0 Å². The van der Waals surface area contributed by atoms with E-state index in [9.17, 15) is 9.18 Å². The fourth-order valence-electron chi connectivity index (χ4n) is 1.96. The van der Waals surface area contributed by atoms with Gasteiger partial charge in [0.2, 0.25) is 0 Å². The van der Waals surface area contributed by atoms with Crippen molar-refractivity contribution in [3.63, 3.8) is 0 Å². The van der Waals surface area contributed by atoms with E-state index in [-0.39, 0.29) is 17.6 Å². The normalized spacial score (nSPS) is 16.6. The van der Waals surface area contributed by atoms with Crippen molar-refractivity contribution in [1.29, 1.82) is 0 Å². The van der Waals surface area contributed by atoms with Gasteiger partial charge in [-0.25, -0.2) is 4.39 Å². The van der Waals surface area contributed by atoms with E-state index < -0.39 is 5.82 Å². The van der Waals surface area contributed by atoms with Crippen molar-refractivity contribution >= 4 is 11.6 Å². The fourth-order valence-corrected chi connectivity index (χ4v) is 1.96. The summed E-state index contributed by atoms with van der Waals surface area (Å²) in [6.07, 6.45) is 2.37. The van der Waals surface area contributed by atoms with Crippen LogP contribution in [0.25, 0.3) is 0 Å². The van der Waals surface area contributed by atoms with Crippen molar-refractivity contribution in [2.45, 2.75) is 25.8 Å². The number of anilines is 1. The molecule has 0 saturated heterocycles. The number of hydrogen-bond acceptors (Lipinski definition) is 2. The Kier molecular flexibility index (Phi) is 3.05. The minimum atomic E-state index is -0.487. The van der Waals surface area contributed by atoms with Crippen LogP contribution in [0.4, 0.5) is 10.1 Å². The Bertz CT molecular complexity index is 443. The predicted octanol–water partition coefficient (Wildman–Crippen LogP) is 2.28. The molecule has 17 heavy (non-hydrogen) atoms. The van der Waals surface area contributed by atoms with E-state index in [0.29, 0.717) is 11.5 Å². The Balaban J connectivity index is 2.15. The van der Waals surface area contributed by atoms with Gasteiger partial charge in [0.15, 0.2) is 0 Å². The molecule has 2 N–H and O–H groups in total. The maximum absolute atomic E-state index is 13.0. The molecule has 1 aromatic rings. The van der Waals surface area contributed by atoms with Gasteiger partial charge in [0, 0.05) is 18.7 Å². The maximum atomic E-state index is 13.0. The van der Waals surface area contributed by atoms with Crippen molar-refractivity contribution < 1.29 is 9.18 Å². The minimum Gasteiger partial charge on any atom is -0.396 e. The molecule has 2 rings (SSSR count). The molecule has 0 heterocycles. The van der Waals surface area contributed by atoms with E-state index in [1.54, 1.807) is 11.9 Å². The van der Waals surface area contributed by atoms with Crippen LogP contribution in [0, 0.1) is 11.7 Å². The molecule has 4 heteroatoms. The number of nitrogen functional groups attached to an aromatic ring is 1. The van der Waals surface area contributed by atoms with Gasteiger partial charge >= 0.3 is 0 Å². The molecule has 3 nitrogen and oxygen atoms in total. The molecular weight excluding hydrogens is 219 g/mol. The van der Waals surface area contributed by atoms with Crippen LogP contribution in [0.3, 0.4) is 0 Å². The van der Waals surface area contributed by atoms with Gasteiger partial charge in [-0.15, -0.1) is 0 Å². The van der Waals surface area contributed by atoms with Crippen LogP contribution in [0.15, 0.2) is 18.2 Å². The zero-order chi connectivity index (χ0) is 12.6. The van der Waals surface area contributed by atoms with Gasteiger partial charge in [0.1, 0.15) is 5.82 Å². The number of amides is 1. The van der Waals surface area contributed by atoms with E-state index in [1.165, 1.54) is 31.0 Å². The number of rotatable bonds is 3. The summed E-state index contributed by atoms with van der Waals surface area (Å²) in [6, 6.07) is 4.34. The highest BCUT2D eigenvalue weighted by Crippen LogP contribution is 2.35. The highest BCUT2D eigenvalue weighted by atomic mass is 19.1. The molecular formula is C13H17FN2O. The summed E-state index contributed by atoms with van der Waals surface area (Å²) < 4.78 is 13.0. The molecule has 1 fully saturated rings. The van der Waals surface area contributed by atoms with Crippen LogP contribution < -0.4 is 5.73 Å². The third-order valence-electron chi connectivity index (χ3n) is 3.48. The van der Waals surface area contributed by atoms with Gasteiger partial charge in [-0.2, -0.15) is 0 Å². The molecule has 1 saturated carbocycles. The summed E-state index contributed by atoms with van der Waals surface area (Å²) in [5.74, 6) is 0.0253. The van der Waals surface area contributed by atoms with Gasteiger partial charge in [-0.05, 0) is 43.9 Å². The lowest BCUT2D eigenvalue weighted by Gasteiger charge is -2.25. The van der Waals surface area contributed by atoms with Gasteiger partial charge in [-0.1, -0.05) is 0 Å². The molecule has 1 unspecified atom stereocenters. The van der Waals surface area contributed by atoms with Gasteiger partial charge in [0.25, 0.3) is 5.91 Å². The van der Waals surface area contributed by atoms with E-state index in [2.05, 4.69) is 0 Å². The number of halogens is 1. The Morgan fingerprint density at radius 2 is 2.18 bits per heavy atom. The summed E-state index contributed by atoms with van der Waals surface area (Å²) in [5.41, 5.74) is 5.92. The second-order valence-corrected chi connectivity index (χ2v) is 4.73. The van der Waals surface area contributed by atoms with Crippen LogP contribution >= 0.6 is 0 Å². The standard InChI is InChI=1S/C13H17FN2O/c1-8(9-3-4-9)16(2)13(17)10-5-6-11(14)12(15)7-10/h5-9H,3-4,15H2,1-2H3. The first-order valence-corrected chi connectivity index (χ1v) is 5.83. The maximum Gasteiger partial charge on any atom is 0.253 e. The Morgan fingerprint density at radius 3 is 2.71 bits per heavy atom. The molecule has 92 valence electrons. The van der Waals surface area contributed by atoms with Crippen LogP contribution in [0.1, 0.15) is 30.1 Å². The van der Waals surface area contributed by atoms with Crippen molar-refractivity contribution in [3.8, 4) is 0 Å². The van der Waals surface area contributed by atoms with Gasteiger partial charge < -0.3 is 10.6 Å². The SMILES string of the molecule is CC(C1CC1)N(C)C(=O)c1ccc(F)c(N)c1. The summed E-state index contributed by atoms with van der Waals surface area (Å²) in [4.78, 5) is 13.8. The van der Waals surface area contributed by atoms with Crippen molar-refractivity contribution in [2.75, 3.05) is 12.8 Å².